The van der Waals surface area contributed by atoms with E-state index >= 15 is 0 Å². The van der Waals surface area contributed by atoms with Crippen molar-refractivity contribution in [3.8, 4) is 0 Å². The number of aromatic amines is 1. The highest BCUT2D eigenvalue weighted by Crippen LogP contribution is 2.17. The molecule has 0 spiro atoms. The summed E-state index contributed by atoms with van der Waals surface area (Å²) in [4.78, 5) is 15.4. The molecule has 1 amide bonds. The minimum Gasteiger partial charge on any atom is -0.392 e. The molecule has 3 N–H and O–H groups in total. The number of aliphatic hydroxyl groups is 1. The number of aromatic nitrogens is 1. The molecule has 0 aliphatic heterocycles. The average molecular weight is 294 g/mol. The number of fused-ring (bicyclic) bond motifs is 1. The Labute approximate surface area is 128 Å². The number of benzene rings is 2. The number of carbonyl (C=O) groups is 1. The molecular formula is C18H18N2O2. The van der Waals surface area contributed by atoms with E-state index in [4.69, 9.17) is 0 Å². The Morgan fingerprint density at radius 3 is 2.68 bits per heavy atom. The molecule has 0 fully saturated rings. The molecule has 4 heteroatoms. The third-order valence-corrected chi connectivity index (χ3v) is 3.75. The Balaban J connectivity index is 1.76. The van der Waals surface area contributed by atoms with Crippen LogP contribution in [-0.2, 0) is 13.2 Å². The van der Waals surface area contributed by atoms with Gasteiger partial charge in [0, 0.05) is 17.4 Å². The molecule has 4 nitrogen and oxygen atoms in total. The minimum absolute atomic E-state index is 0.0301. The Morgan fingerprint density at radius 1 is 1.14 bits per heavy atom. The third-order valence-electron chi connectivity index (χ3n) is 3.75. The number of hydrogen-bond donors (Lipinski definition) is 3. The van der Waals surface area contributed by atoms with Crippen molar-refractivity contribution in [2.24, 2.45) is 0 Å². The van der Waals surface area contributed by atoms with Gasteiger partial charge in [-0.15, -0.1) is 0 Å². The van der Waals surface area contributed by atoms with Crippen LogP contribution in [0.15, 0.2) is 48.5 Å². The Bertz CT molecular complexity index is 821. The van der Waals surface area contributed by atoms with Gasteiger partial charge in [0.15, 0.2) is 0 Å². The van der Waals surface area contributed by atoms with Crippen LogP contribution in [0.2, 0.25) is 0 Å². The highest BCUT2D eigenvalue weighted by Gasteiger charge is 2.10. The summed E-state index contributed by atoms with van der Waals surface area (Å²) in [6.45, 7) is 2.38. The fraction of sp³-hybridized carbons (Fsp3) is 0.167. The number of nitrogens with one attached hydrogen (secondary N) is 2. The summed E-state index contributed by atoms with van der Waals surface area (Å²) in [6, 6.07) is 15.4. The van der Waals surface area contributed by atoms with Crippen molar-refractivity contribution in [3.05, 3.63) is 70.9 Å². The average Bonchev–Trinajstić information content (AvgIpc) is 2.96. The molecule has 112 valence electrons. The second-order valence-electron chi connectivity index (χ2n) is 5.38. The molecule has 2 aromatic carbocycles. The third kappa shape index (κ3) is 2.87. The highest BCUT2D eigenvalue weighted by atomic mass is 16.3. The normalized spacial score (nSPS) is 10.8. The molecule has 0 aliphatic carbocycles. The quantitative estimate of drug-likeness (QED) is 0.692. The molecular weight excluding hydrogens is 276 g/mol. The van der Waals surface area contributed by atoms with Gasteiger partial charge in [0.25, 0.3) is 5.91 Å². The smallest absolute Gasteiger partial charge is 0.267 e. The highest BCUT2D eigenvalue weighted by molar-refractivity contribution is 5.98. The van der Waals surface area contributed by atoms with Crippen molar-refractivity contribution in [3.63, 3.8) is 0 Å². The summed E-state index contributed by atoms with van der Waals surface area (Å²) in [5.74, 6) is -0.151. The van der Waals surface area contributed by atoms with Crippen LogP contribution in [0.5, 0.6) is 0 Å². The van der Waals surface area contributed by atoms with Gasteiger partial charge in [-0.3, -0.25) is 4.79 Å². The first-order valence-corrected chi connectivity index (χ1v) is 7.22. The van der Waals surface area contributed by atoms with Crippen LogP contribution in [0.3, 0.4) is 0 Å². The predicted molar refractivity (Wildman–Crippen MR) is 86.6 cm³/mol. The summed E-state index contributed by atoms with van der Waals surface area (Å²) >= 11 is 0. The number of aryl methyl sites for hydroxylation is 1. The first-order chi connectivity index (χ1) is 10.7. The maximum atomic E-state index is 12.3. The lowest BCUT2D eigenvalue weighted by Crippen LogP contribution is -2.23. The van der Waals surface area contributed by atoms with Crippen LogP contribution in [0.1, 0.15) is 27.2 Å². The van der Waals surface area contributed by atoms with Crippen molar-refractivity contribution >= 4 is 16.8 Å². The van der Waals surface area contributed by atoms with Gasteiger partial charge in [-0.05, 0) is 35.7 Å². The standard InChI is InChI=1S/C18H18N2O2/c1-12-6-7-13-9-17(20-16(13)8-12)18(22)19-10-14-4-2-3-5-15(14)11-21/h2-9,20-21H,10-11H2,1H3,(H,19,22). The van der Waals surface area contributed by atoms with Crippen molar-refractivity contribution in [2.75, 3.05) is 0 Å². The molecule has 0 unspecified atom stereocenters. The fourth-order valence-electron chi connectivity index (χ4n) is 2.52. The largest absolute Gasteiger partial charge is 0.392 e. The van der Waals surface area contributed by atoms with Gasteiger partial charge in [0.05, 0.1) is 6.61 Å². The number of hydrogen-bond acceptors (Lipinski definition) is 2. The van der Waals surface area contributed by atoms with Gasteiger partial charge >= 0.3 is 0 Å². The van der Waals surface area contributed by atoms with E-state index in [1.165, 1.54) is 0 Å². The van der Waals surface area contributed by atoms with Crippen molar-refractivity contribution in [1.29, 1.82) is 0 Å². The Hall–Kier alpha value is -2.59. The van der Waals surface area contributed by atoms with Crippen molar-refractivity contribution < 1.29 is 9.90 Å². The number of amides is 1. The minimum atomic E-state index is -0.151. The summed E-state index contributed by atoms with van der Waals surface area (Å²) < 4.78 is 0. The predicted octanol–water partition coefficient (Wildman–Crippen LogP) is 2.90. The van der Waals surface area contributed by atoms with E-state index in [1.54, 1.807) is 0 Å². The summed E-state index contributed by atoms with van der Waals surface area (Å²) in [5, 5.41) is 13.2. The summed E-state index contributed by atoms with van der Waals surface area (Å²) in [7, 11) is 0. The maximum Gasteiger partial charge on any atom is 0.267 e. The first-order valence-electron chi connectivity index (χ1n) is 7.22. The SMILES string of the molecule is Cc1ccc2cc(C(=O)NCc3ccccc3CO)[nH]c2c1. The molecule has 1 aromatic heterocycles. The number of rotatable bonds is 4. The van der Waals surface area contributed by atoms with E-state index in [0.717, 1.165) is 27.6 Å². The van der Waals surface area contributed by atoms with E-state index < -0.39 is 0 Å². The van der Waals surface area contributed by atoms with Gasteiger partial charge in [-0.2, -0.15) is 0 Å². The van der Waals surface area contributed by atoms with E-state index in [0.29, 0.717) is 12.2 Å². The summed E-state index contributed by atoms with van der Waals surface area (Å²) in [6.07, 6.45) is 0. The van der Waals surface area contributed by atoms with Crippen LogP contribution in [0.4, 0.5) is 0 Å². The van der Waals surface area contributed by atoms with E-state index in [1.807, 2.05) is 55.5 Å². The Morgan fingerprint density at radius 2 is 1.91 bits per heavy atom. The maximum absolute atomic E-state index is 12.3. The monoisotopic (exact) mass is 294 g/mol. The zero-order valence-corrected chi connectivity index (χ0v) is 12.4. The number of carbonyl (C=O) groups excluding carboxylic acids is 1. The molecule has 0 saturated carbocycles. The zero-order valence-electron chi connectivity index (χ0n) is 12.4. The van der Waals surface area contributed by atoms with Gasteiger partial charge in [0.2, 0.25) is 0 Å². The molecule has 3 rings (SSSR count). The first kappa shape index (κ1) is 14.4. The van der Waals surface area contributed by atoms with Crippen molar-refractivity contribution in [1.82, 2.24) is 10.3 Å². The van der Waals surface area contributed by atoms with Gasteiger partial charge in [0.1, 0.15) is 5.69 Å². The number of aliphatic hydroxyl groups excluding tert-OH is 1. The van der Waals surface area contributed by atoms with E-state index in [-0.39, 0.29) is 12.5 Å². The van der Waals surface area contributed by atoms with E-state index in [9.17, 15) is 9.90 Å². The molecule has 0 saturated heterocycles. The zero-order chi connectivity index (χ0) is 15.5. The van der Waals surface area contributed by atoms with Gasteiger partial charge in [-0.1, -0.05) is 36.4 Å². The topological polar surface area (TPSA) is 65.1 Å². The van der Waals surface area contributed by atoms with Crippen LogP contribution in [-0.4, -0.2) is 16.0 Å². The molecule has 3 aromatic rings. The summed E-state index contributed by atoms with van der Waals surface area (Å²) in [5.41, 5.74) is 4.40. The fourth-order valence-corrected chi connectivity index (χ4v) is 2.52. The molecule has 0 bridgehead atoms. The molecule has 1 heterocycles. The molecule has 22 heavy (non-hydrogen) atoms. The van der Waals surface area contributed by atoms with Gasteiger partial charge in [-0.25, -0.2) is 0 Å². The lowest BCUT2D eigenvalue weighted by molar-refractivity contribution is 0.0946. The lowest BCUT2D eigenvalue weighted by atomic mass is 10.1. The van der Waals surface area contributed by atoms with Crippen molar-refractivity contribution in [2.45, 2.75) is 20.1 Å². The second kappa shape index (κ2) is 6.03. The Kier molecular flexibility index (Phi) is 3.94. The molecule has 0 aliphatic rings. The lowest BCUT2D eigenvalue weighted by Gasteiger charge is -2.08. The van der Waals surface area contributed by atoms with Crippen LogP contribution in [0.25, 0.3) is 10.9 Å². The molecule has 0 radical (unpaired) electrons. The number of H-pyrrole nitrogens is 1. The van der Waals surface area contributed by atoms with Gasteiger partial charge < -0.3 is 15.4 Å². The molecule has 0 atom stereocenters. The van der Waals surface area contributed by atoms with E-state index in [2.05, 4.69) is 10.3 Å². The second-order valence-corrected chi connectivity index (χ2v) is 5.38. The van der Waals surface area contributed by atoms with Crippen LogP contribution >= 0.6 is 0 Å². The van der Waals surface area contributed by atoms with Crippen LogP contribution in [0, 0.1) is 6.92 Å². The van der Waals surface area contributed by atoms with Crippen LogP contribution < -0.4 is 5.32 Å².